The fourth-order valence-corrected chi connectivity index (χ4v) is 4.21. The summed E-state index contributed by atoms with van der Waals surface area (Å²) in [5, 5.41) is 5.89. The SMILES string of the molecule is CN(CC1CCCCN1)C(c1cccs1)C1CC1. The van der Waals surface area contributed by atoms with Crippen LogP contribution in [-0.2, 0) is 0 Å². The van der Waals surface area contributed by atoms with Crippen LogP contribution in [0.2, 0.25) is 0 Å². The molecule has 1 aliphatic heterocycles. The van der Waals surface area contributed by atoms with Gasteiger partial charge in [-0.25, -0.2) is 0 Å². The average molecular weight is 264 g/mol. The van der Waals surface area contributed by atoms with Gasteiger partial charge in [-0.15, -0.1) is 11.3 Å². The van der Waals surface area contributed by atoms with Crippen molar-refractivity contribution in [3.63, 3.8) is 0 Å². The monoisotopic (exact) mass is 264 g/mol. The van der Waals surface area contributed by atoms with Gasteiger partial charge in [-0.2, -0.15) is 0 Å². The zero-order valence-electron chi connectivity index (χ0n) is 11.3. The van der Waals surface area contributed by atoms with Gasteiger partial charge in [0.05, 0.1) is 0 Å². The quantitative estimate of drug-likeness (QED) is 0.878. The minimum Gasteiger partial charge on any atom is -0.313 e. The lowest BCUT2D eigenvalue weighted by atomic mass is 10.0. The van der Waals surface area contributed by atoms with E-state index in [1.807, 2.05) is 11.3 Å². The van der Waals surface area contributed by atoms with E-state index in [9.17, 15) is 0 Å². The molecule has 0 aromatic carbocycles. The number of likely N-dealkylation sites (N-methyl/N-ethyl adjacent to an activating group) is 1. The molecule has 2 unspecified atom stereocenters. The van der Waals surface area contributed by atoms with Crippen molar-refractivity contribution in [3.05, 3.63) is 22.4 Å². The maximum absolute atomic E-state index is 3.67. The Morgan fingerprint density at radius 1 is 1.39 bits per heavy atom. The first-order chi connectivity index (χ1) is 8.84. The molecule has 0 radical (unpaired) electrons. The number of rotatable bonds is 5. The van der Waals surface area contributed by atoms with Crippen molar-refractivity contribution in [2.24, 2.45) is 5.92 Å². The Hall–Kier alpha value is -0.380. The topological polar surface area (TPSA) is 15.3 Å². The molecule has 3 rings (SSSR count). The second-order valence-corrected chi connectivity index (χ2v) is 6.86. The summed E-state index contributed by atoms with van der Waals surface area (Å²) < 4.78 is 0. The largest absolute Gasteiger partial charge is 0.313 e. The Kier molecular flexibility index (Phi) is 4.02. The summed E-state index contributed by atoms with van der Waals surface area (Å²) in [5.41, 5.74) is 0. The van der Waals surface area contributed by atoms with Gasteiger partial charge < -0.3 is 5.32 Å². The van der Waals surface area contributed by atoms with Gasteiger partial charge in [-0.3, -0.25) is 4.90 Å². The normalized spacial score (nSPS) is 26.4. The molecule has 1 saturated heterocycles. The van der Waals surface area contributed by atoms with Gasteiger partial charge in [0.2, 0.25) is 0 Å². The van der Waals surface area contributed by atoms with Crippen molar-refractivity contribution in [2.45, 2.75) is 44.2 Å². The number of piperidine rings is 1. The number of hydrogen-bond acceptors (Lipinski definition) is 3. The lowest BCUT2D eigenvalue weighted by Crippen LogP contribution is -2.43. The molecule has 2 atom stereocenters. The van der Waals surface area contributed by atoms with Crippen LogP contribution in [0.1, 0.15) is 43.0 Å². The van der Waals surface area contributed by atoms with E-state index < -0.39 is 0 Å². The van der Waals surface area contributed by atoms with E-state index in [2.05, 4.69) is 34.8 Å². The molecule has 0 amide bonds. The molecule has 0 bridgehead atoms. The molecule has 2 nitrogen and oxygen atoms in total. The molecule has 1 N–H and O–H groups in total. The number of nitrogens with one attached hydrogen (secondary N) is 1. The number of nitrogens with zero attached hydrogens (tertiary/aromatic N) is 1. The molecular formula is C15H24N2S. The van der Waals surface area contributed by atoms with E-state index in [4.69, 9.17) is 0 Å². The van der Waals surface area contributed by atoms with Crippen LogP contribution in [0.5, 0.6) is 0 Å². The van der Waals surface area contributed by atoms with Crippen molar-refractivity contribution in [3.8, 4) is 0 Å². The molecule has 3 heteroatoms. The van der Waals surface area contributed by atoms with Gasteiger partial charge in [0.1, 0.15) is 0 Å². The Balaban J connectivity index is 1.63. The summed E-state index contributed by atoms with van der Waals surface area (Å²) >= 11 is 1.93. The van der Waals surface area contributed by atoms with Gasteiger partial charge in [-0.05, 0) is 56.6 Å². The van der Waals surface area contributed by atoms with Crippen molar-refractivity contribution >= 4 is 11.3 Å². The van der Waals surface area contributed by atoms with Crippen LogP contribution in [0, 0.1) is 5.92 Å². The molecule has 18 heavy (non-hydrogen) atoms. The van der Waals surface area contributed by atoms with Crippen LogP contribution in [0.4, 0.5) is 0 Å². The van der Waals surface area contributed by atoms with Crippen LogP contribution in [0.3, 0.4) is 0 Å². The minimum atomic E-state index is 0.675. The average Bonchev–Trinajstić information content (AvgIpc) is 3.05. The van der Waals surface area contributed by atoms with Gasteiger partial charge in [0.15, 0.2) is 0 Å². The van der Waals surface area contributed by atoms with Gasteiger partial charge in [0.25, 0.3) is 0 Å². The Morgan fingerprint density at radius 3 is 2.89 bits per heavy atom. The summed E-state index contributed by atoms with van der Waals surface area (Å²) in [6, 6.07) is 5.90. The highest BCUT2D eigenvalue weighted by atomic mass is 32.1. The molecule has 0 spiro atoms. The van der Waals surface area contributed by atoms with Crippen LogP contribution >= 0.6 is 11.3 Å². The molecule has 2 aliphatic rings. The second kappa shape index (κ2) is 5.72. The Bertz CT molecular complexity index is 353. The fourth-order valence-electron chi connectivity index (χ4n) is 3.22. The first-order valence-electron chi connectivity index (χ1n) is 7.31. The maximum Gasteiger partial charge on any atom is 0.0467 e. The molecule has 2 heterocycles. The van der Waals surface area contributed by atoms with Gasteiger partial charge in [-0.1, -0.05) is 12.5 Å². The third kappa shape index (κ3) is 2.95. The van der Waals surface area contributed by atoms with E-state index in [1.165, 1.54) is 45.2 Å². The second-order valence-electron chi connectivity index (χ2n) is 5.88. The lowest BCUT2D eigenvalue weighted by Gasteiger charge is -2.33. The zero-order chi connectivity index (χ0) is 12.4. The minimum absolute atomic E-state index is 0.675. The highest BCUT2D eigenvalue weighted by Crippen LogP contribution is 2.45. The van der Waals surface area contributed by atoms with E-state index in [0.29, 0.717) is 12.1 Å². The van der Waals surface area contributed by atoms with Crippen LogP contribution in [0.25, 0.3) is 0 Å². The van der Waals surface area contributed by atoms with E-state index in [-0.39, 0.29) is 0 Å². The van der Waals surface area contributed by atoms with Crippen LogP contribution in [-0.4, -0.2) is 31.1 Å². The Labute approximate surface area is 114 Å². The number of hydrogen-bond donors (Lipinski definition) is 1. The van der Waals surface area contributed by atoms with Crippen LogP contribution in [0.15, 0.2) is 17.5 Å². The predicted molar refractivity (Wildman–Crippen MR) is 78.1 cm³/mol. The fraction of sp³-hybridized carbons (Fsp3) is 0.733. The first-order valence-corrected chi connectivity index (χ1v) is 8.19. The third-order valence-corrected chi connectivity index (χ3v) is 5.24. The summed E-state index contributed by atoms with van der Waals surface area (Å²) in [6.45, 7) is 2.42. The molecule has 1 aliphatic carbocycles. The lowest BCUT2D eigenvalue weighted by molar-refractivity contribution is 0.188. The summed E-state index contributed by atoms with van der Waals surface area (Å²) in [7, 11) is 2.32. The molecule has 100 valence electrons. The van der Waals surface area contributed by atoms with Gasteiger partial charge >= 0.3 is 0 Å². The highest BCUT2D eigenvalue weighted by molar-refractivity contribution is 7.10. The summed E-state index contributed by atoms with van der Waals surface area (Å²) in [4.78, 5) is 4.17. The zero-order valence-corrected chi connectivity index (χ0v) is 12.1. The molecule has 1 aromatic rings. The first kappa shape index (κ1) is 12.6. The van der Waals surface area contributed by atoms with E-state index in [1.54, 1.807) is 4.88 Å². The van der Waals surface area contributed by atoms with Crippen molar-refractivity contribution < 1.29 is 0 Å². The molecular weight excluding hydrogens is 240 g/mol. The smallest absolute Gasteiger partial charge is 0.0467 e. The van der Waals surface area contributed by atoms with Crippen molar-refractivity contribution in [1.29, 1.82) is 0 Å². The molecule has 1 aromatic heterocycles. The summed E-state index contributed by atoms with van der Waals surface area (Å²) in [6.07, 6.45) is 6.96. The van der Waals surface area contributed by atoms with Crippen molar-refractivity contribution in [2.75, 3.05) is 20.1 Å². The van der Waals surface area contributed by atoms with Crippen LogP contribution < -0.4 is 5.32 Å². The maximum atomic E-state index is 3.67. The molecule has 2 fully saturated rings. The molecule has 1 saturated carbocycles. The Morgan fingerprint density at radius 2 is 2.28 bits per heavy atom. The van der Waals surface area contributed by atoms with E-state index >= 15 is 0 Å². The number of thiophene rings is 1. The van der Waals surface area contributed by atoms with Crippen molar-refractivity contribution in [1.82, 2.24) is 10.2 Å². The predicted octanol–water partition coefficient (Wildman–Crippen LogP) is 3.27. The summed E-state index contributed by atoms with van der Waals surface area (Å²) in [5.74, 6) is 0.914. The van der Waals surface area contributed by atoms with Gasteiger partial charge in [0, 0.05) is 23.5 Å². The van der Waals surface area contributed by atoms with E-state index in [0.717, 1.165) is 5.92 Å². The third-order valence-electron chi connectivity index (χ3n) is 4.30. The highest BCUT2D eigenvalue weighted by Gasteiger charge is 2.36. The standard InChI is InChI=1S/C15H24N2S/c1-17(11-13-5-2-3-9-16-13)15(12-7-8-12)14-6-4-10-18-14/h4,6,10,12-13,15-16H,2-3,5,7-9,11H2,1H3.